The monoisotopic (exact) mass is 487 g/mol. The fourth-order valence-corrected chi connectivity index (χ4v) is 3.30. The van der Waals surface area contributed by atoms with Crippen LogP contribution in [0.5, 0.6) is 0 Å². The molecule has 0 radical (unpaired) electrons. The molecule has 0 unspecified atom stereocenters. The van der Waals surface area contributed by atoms with Crippen LogP contribution in [0.2, 0.25) is 0 Å². The number of amides is 1. The Hall–Kier alpha value is -1.92. The number of rotatable bonds is 21. The maximum atomic E-state index is 12.0. The van der Waals surface area contributed by atoms with Gasteiger partial charge in [-0.3, -0.25) is 14.6 Å². The minimum atomic E-state index is -2.00. The Morgan fingerprint density at radius 1 is 0.882 bits per heavy atom. The van der Waals surface area contributed by atoms with Gasteiger partial charge in [-0.1, -0.05) is 19.8 Å². The van der Waals surface area contributed by atoms with Crippen LogP contribution in [0.15, 0.2) is 4.99 Å². The van der Waals surface area contributed by atoms with Crippen molar-refractivity contribution in [3.63, 3.8) is 0 Å². The lowest BCUT2D eigenvalue weighted by molar-refractivity contribution is -0.154. The quantitative estimate of drug-likeness (QED) is 0.0608. The number of aliphatic hydroxyl groups is 4. The van der Waals surface area contributed by atoms with Crippen molar-refractivity contribution in [3.05, 3.63) is 0 Å². The fourth-order valence-electron chi connectivity index (χ4n) is 3.30. The number of carbonyl (C=O) groups excluding carboxylic acids is 2. The van der Waals surface area contributed by atoms with E-state index in [0.717, 1.165) is 63.7 Å². The van der Waals surface area contributed by atoms with E-state index in [4.69, 9.17) is 11.1 Å². The van der Waals surface area contributed by atoms with E-state index in [1.165, 1.54) is 7.05 Å². The van der Waals surface area contributed by atoms with E-state index in [0.29, 0.717) is 18.7 Å². The van der Waals surface area contributed by atoms with E-state index < -0.39 is 36.1 Å². The van der Waals surface area contributed by atoms with Crippen molar-refractivity contribution in [3.8, 4) is 0 Å². The van der Waals surface area contributed by atoms with Gasteiger partial charge in [-0.05, 0) is 51.6 Å². The van der Waals surface area contributed by atoms with Crippen LogP contribution in [0.3, 0.4) is 0 Å². The first-order chi connectivity index (χ1) is 16.1. The van der Waals surface area contributed by atoms with Gasteiger partial charge in [0, 0.05) is 32.1 Å². The lowest BCUT2D eigenvalue weighted by Gasteiger charge is -2.24. The summed E-state index contributed by atoms with van der Waals surface area (Å²) >= 11 is 0. The molecule has 0 rings (SSSR count). The summed E-state index contributed by atoms with van der Waals surface area (Å²) in [5.74, 6) is -1.17. The second-order valence-electron chi connectivity index (χ2n) is 8.40. The van der Waals surface area contributed by atoms with Crippen molar-refractivity contribution < 1.29 is 30.0 Å². The molecule has 0 aromatic heterocycles. The third-order valence-electron chi connectivity index (χ3n) is 5.48. The maximum Gasteiger partial charge on any atom is 0.251 e. The van der Waals surface area contributed by atoms with Crippen molar-refractivity contribution in [2.24, 2.45) is 10.7 Å². The molecule has 0 aromatic carbocycles. The number of hydrogen-bond donors (Lipinski definition) is 8. The van der Waals surface area contributed by atoms with Gasteiger partial charge >= 0.3 is 0 Å². The highest BCUT2D eigenvalue weighted by atomic mass is 16.4. The first-order valence-electron chi connectivity index (χ1n) is 12.2. The second kappa shape index (κ2) is 19.4. The number of nitrogens with one attached hydrogen (secondary N) is 3. The maximum absolute atomic E-state index is 12.0. The van der Waals surface area contributed by atoms with Crippen molar-refractivity contribution in [1.29, 1.82) is 5.41 Å². The van der Waals surface area contributed by atoms with Gasteiger partial charge in [0.05, 0.1) is 5.84 Å². The number of aliphatic hydroxyl groups excluding tert-OH is 4. The highest BCUT2D eigenvalue weighted by Gasteiger charge is 2.36. The van der Waals surface area contributed by atoms with Crippen LogP contribution >= 0.6 is 0 Å². The zero-order valence-electron chi connectivity index (χ0n) is 20.6. The van der Waals surface area contributed by atoms with Crippen molar-refractivity contribution in [2.45, 2.75) is 95.5 Å². The molecule has 0 saturated heterocycles. The SMILES string of the molecule is CCNCCCC(=N)CCCCCCC(N)=NCCCC(=O)[C@H](O)[C@@H](O)[C@@H](O)[C@H](O)C(=O)NC. The van der Waals surface area contributed by atoms with Crippen LogP contribution < -0.4 is 16.4 Å². The lowest BCUT2D eigenvalue weighted by atomic mass is 9.97. The zero-order chi connectivity index (χ0) is 25.9. The standard InChI is InChI=1S/C23H45N5O6/c1-3-27-14-8-11-16(24)10-6-4-5-7-13-18(25)28-15-9-12-17(29)19(30)20(31)21(32)22(33)23(34)26-2/h19-22,24,27,30-33H,3-15H2,1-2H3,(H2,25,28)(H,26,34)/t19-,20+,21+,22-/m0/s1. The average Bonchev–Trinajstić information content (AvgIpc) is 2.83. The minimum absolute atomic E-state index is 0.0989. The van der Waals surface area contributed by atoms with Gasteiger partial charge in [0.1, 0.15) is 18.3 Å². The van der Waals surface area contributed by atoms with Gasteiger partial charge < -0.3 is 42.2 Å². The second-order valence-corrected chi connectivity index (χ2v) is 8.40. The molecule has 11 nitrogen and oxygen atoms in total. The van der Waals surface area contributed by atoms with Crippen molar-refractivity contribution in [1.82, 2.24) is 10.6 Å². The van der Waals surface area contributed by atoms with Crippen molar-refractivity contribution in [2.75, 3.05) is 26.7 Å². The molecule has 11 heteroatoms. The normalized spacial score (nSPS) is 15.4. The summed E-state index contributed by atoms with van der Waals surface area (Å²) in [6, 6.07) is 0. The molecule has 0 aromatic rings. The summed E-state index contributed by atoms with van der Waals surface area (Å²) in [6.45, 7) is 4.28. The molecule has 4 atom stereocenters. The Kier molecular flexibility index (Phi) is 18.3. The summed E-state index contributed by atoms with van der Waals surface area (Å²) in [7, 11) is 1.24. The van der Waals surface area contributed by atoms with Gasteiger partial charge in [0.15, 0.2) is 11.9 Å². The smallest absolute Gasteiger partial charge is 0.251 e. The fraction of sp³-hybridized carbons (Fsp3) is 0.826. The number of ketones is 1. The lowest BCUT2D eigenvalue weighted by Crippen LogP contribution is -2.52. The van der Waals surface area contributed by atoms with E-state index in [1.807, 2.05) is 0 Å². The number of likely N-dealkylation sites (N-methyl/N-ethyl adjacent to an activating group) is 1. The number of hydrogen-bond acceptors (Lipinski definition) is 9. The first kappa shape index (κ1) is 32.1. The summed E-state index contributed by atoms with van der Waals surface area (Å²) in [5.41, 5.74) is 6.70. The average molecular weight is 488 g/mol. The molecular formula is C23H45N5O6. The Balaban J connectivity index is 3.98. The summed E-state index contributed by atoms with van der Waals surface area (Å²) in [5, 5.41) is 52.3. The molecule has 0 heterocycles. The van der Waals surface area contributed by atoms with Gasteiger partial charge in [-0.2, -0.15) is 0 Å². The van der Waals surface area contributed by atoms with Crippen LogP contribution in [0.4, 0.5) is 0 Å². The van der Waals surface area contributed by atoms with E-state index >= 15 is 0 Å². The molecule has 1 amide bonds. The number of aliphatic imine (C=N–C) groups is 1. The molecule has 0 aliphatic heterocycles. The van der Waals surface area contributed by atoms with E-state index in [2.05, 4.69) is 22.5 Å². The topological polar surface area (TPSA) is 201 Å². The number of amidine groups is 1. The van der Waals surface area contributed by atoms with Crippen molar-refractivity contribution >= 4 is 23.2 Å². The molecule has 9 N–H and O–H groups in total. The van der Waals surface area contributed by atoms with Crippen LogP contribution in [-0.4, -0.2) is 94.8 Å². The molecule has 0 saturated carbocycles. The summed E-state index contributed by atoms with van der Waals surface area (Å²) in [4.78, 5) is 27.5. The Bertz CT molecular complexity index is 631. The molecular weight excluding hydrogens is 442 g/mol. The highest BCUT2D eigenvalue weighted by Crippen LogP contribution is 2.10. The number of Topliss-reactive ketones (excluding diaryl/α,β-unsaturated/α-hetero) is 1. The van der Waals surface area contributed by atoms with E-state index in [1.54, 1.807) is 0 Å². The zero-order valence-corrected chi connectivity index (χ0v) is 20.6. The first-order valence-corrected chi connectivity index (χ1v) is 12.2. The highest BCUT2D eigenvalue weighted by molar-refractivity contribution is 5.84. The predicted octanol–water partition coefficient (Wildman–Crippen LogP) is -0.367. The van der Waals surface area contributed by atoms with Crippen LogP contribution in [0, 0.1) is 5.41 Å². The summed E-state index contributed by atoms with van der Waals surface area (Å²) in [6.07, 6.45) is -0.381. The molecule has 0 fully saturated rings. The minimum Gasteiger partial charge on any atom is -0.387 e. The van der Waals surface area contributed by atoms with Gasteiger partial charge in [-0.15, -0.1) is 0 Å². The largest absolute Gasteiger partial charge is 0.387 e. The van der Waals surface area contributed by atoms with Gasteiger partial charge in [-0.25, -0.2) is 0 Å². The molecule has 0 bridgehead atoms. The van der Waals surface area contributed by atoms with Crippen LogP contribution in [-0.2, 0) is 9.59 Å². The molecule has 198 valence electrons. The Morgan fingerprint density at radius 2 is 1.47 bits per heavy atom. The number of unbranched alkanes of at least 4 members (excludes halogenated alkanes) is 3. The van der Waals surface area contributed by atoms with Gasteiger partial charge in [0.2, 0.25) is 0 Å². The van der Waals surface area contributed by atoms with Crippen LogP contribution in [0.1, 0.15) is 71.1 Å². The molecule has 0 aliphatic carbocycles. The Morgan fingerprint density at radius 3 is 2.09 bits per heavy atom. The molecule has 34 heavy (non-hydrogen) atoms. The third kappa shape index (κ3) is 14.4. The van der Waals surface area contributed by atoms with E-state index in [9.17, 15) is 30.0 Å². The van der Waals surface area contributed by atoms with E-state index in [-0.39, 0.29) is 13.0 Å². The Labute approximate surface area is 202 Å². The van der Waals surface area contributed by atoms with Crippen LogP contribution in [0.25, 0.3) is 0 Å². The number of nitrogens with zero attached hydrogens (tertiary/aromatic N) is 1. The number of carbonyl (C=O) groups is 2. The third-order valence-corrected chi connectivity index (χ3v) is 5.48. The molecule has 0 aliphatic rings. The predicted molar refractivity (Wildman–Crippen MR) is 132 cm³/mol. The summed E-state index contributed by atoms with van der Waals surface area (Å²) < 4.78 is 0. The molecule has 0 spiro atoms. The number of nitrogens with two attached hydrogens (primary N) is 1. The van der Waals surface area contributed by atoms with Gasteiger partial charge in [0.25, 0.3) is 5.91 Å².